The molecule has 5 rings (SSSR count). The largest absolute Gasteiger partial charge is 0.497 e. The van der Waals surface area contributed by atoms with Gasteiger partial charge < -0.3 is 34.9 Å². The van der Waals surface area contributed by atoms with Gasteiger partial charge in [-0.2, -0.15) is 0 Å². The van der Waals surface area contributed by atoms with E-state index in [-0.39, 0.29) is 29.2 Å². The van der Waals surface area contributed by atoms with Crippen LogP contribution in [-0.2, 0) is 19.1 Å². The topological polar surface area (TPSA) is 126 Å². The lowest BCUT2D eigenvalue weighted by Gasteiger charge is -2.38. The van der Waals surface area contributed by atoms with E-state index in [0.29, 0.717) is 42.3 Å². The number of rotatable bonds is 11. The number of alkyl halides is 1. The number of benzene rings is 2. The van der Waals surface area contributed by atoms with Crippen molar-refractivity contribution >= 4 is 45.0 Å². The van der Waals surface area contributed by atoms with E-state index < -0.39 is 41.5 Å². The highest BCUT2D eigenvalue weighted by Crippen LogP contribution is 2.60. The van der Waals surface area contributed by atoms with Gasteiger partial charge in [-0.3, -0.25) is 14.4 Å². The van der Waals surface area contributed by atoms with E-state index >= 15 is 0 Å². The Labute approximate surface area is 254 Å². The molecule has 226 valence electrons. The Balaban J connectivity index is 1.49. The zero-order valence-electron chi connectivity index (χ0n) is 24.2. The van der Waals surface area contributed by atoms with Crippen molar-refractivity contribution in [2.45, 2.75) is 62.2 Å². The van der Waals surface area contributed by atoms with Crippen LogP contribution in [0.2, 0.25) is 0 Å². The zero-order valence-corrected chi connectivity index (χ0v) is 25.8. The van der Waals surface area contributed by atoms with E-state index in [1.807, 2.05) is 20.8 Å². The van der Waals surface area contributed by atoms with Crippen molar-refractivity contribution in [1.82, 2.24) is 4.90 Å². The molecule has 2 bridgehead atoms. The van der Waals surface area contributed by atoms with Crippen LogP contribution in [0.15, 0.2) is 48.5 Å². The van der Waals surface area contributed by atoms with Crippen molar-refractivity contribution in [2.75, 3.05) is 31.0 Å². The number of likely N-dealkylation sites (tertiary alicyclic amines) is 1. The molecule has 3 N–H and O–H groups in total. The van der Waals surface area contributed by atoms with Crippen LogP contribution in [0.25, 0.3) is 0 Å². The van der Waals surface area contributed by atoms with E-state index in [0.717, 1.165) is 0 Å². The van der Waals surface area contributed by atoms with E-state index in [4.69, 9.17) is 14.2 Å². The first-order valence-corrected chi connectivity index (χ1v) is 15.3. The highest BCUT2D eigenvalue weighted by atomic mass is 79.9. The van der Waals surface area contributed by atoms with Gasteiger partial charge in [0.1, 0.15) is 23.1 Å². The van der Waals surface area contributed by atoms with Crippen LogP contribution in [0.1, 0.15) is 33.6 Å². The van der Waals surface area contributed by atoms with Crippen molar-refractivity contribution < 1.29 is 33.7 Å². The highest BCUT2D eigenvalue weighted by molar-refractivity contribution is 9.09. The first-order chi connectivity index (χ1) is 20.2. The van der Waals surface area contributed by atoms with E-state index in [9.17, 15) is 19.5 Å². The number of fused-ring (bicyclic) bond motifs is 1. The fourth-order valence-electron chi connectivity index (χ4n) is 6.75. The molecule has 2 aromatic carbocycles. The van der Waals surface area contributed by atoms with Gasteiger partial charge in [-0.25, -0.2) is 0 Å². The molecule has 0 aliphatic carbocycles. The maximum Gasteiger partial charge on any atom is 0.250 e. The number of aliphatic hydroxyl groups is 1. The van der Waals surface area contributed by atoms with Crippen LogP contribution in [0.3, 0.4) is 0 Å². The van der Waals surface area contributed by atoms with Gasteiger partial charge in [0.05, 0.1) is 44.3 Å². The number of carbonyl (C=O) groups excluding carboxylic acids is 3. The average molecular weight is 645 g/mol. The molecule has 3 heterocycles. The third kappa shape index (κ3) is 5.16. The highest BCUT2D eigenvalue weighted by Gasteiger charge is 2.77. The predicted molar refractivity (Wildman–Crippen MR) is 161 cm³/mol. The van der Waals surface area contributed by atoms with Crippen LogP contribution in [0.4, 0.5) is 11.4 Å². The second kappa shape index (κ2) is 12.2. The second-order valence-electron chi connectivity index (χ2n) is 11.2. The molecule has 0 saturated carbocycles. The summed E-state index contributed by atoms with van der Waals surface area (Å²) < 4.78 is 17.3. The first kappa shape index (κ1) is 30.3. The number of methoxy groups -OCH3 is 1. The van der Waals surface area contributed by atoms with Gasteiger partial charge in [-0.15, -0.1) is 0 Å². The molecular formula is C31H38BrN3O7. The van der Waals surface area contributed by atoms with Crippen LogP contribution in [0, 0.1) is 17.8 Å². The van der Waals surface area contributed by atoms with Gasteiger partial charge in [0.25, 0.3) is 0 Å². The molecule has 0 aromatic heterocycles. The molecule has 2 aromatic rings. The minimum absolute atomic E-state index is 0.0986. The number of anilines is 2. The molecule has 3 aliphatic rings. The fraction of sp³-hybridized carbons (Fsp3) is 0.516. The standard InChI is InChI=1S/C31H38BrN3O7/c1-5-17(3)23(16-36)35-27(29(38)34-19-7-11-20(40-4)12-8-19)31-15-22(32)26(42-31)24(25(31)30(35)39)28(37)33-18-9-13-21(14-10-18)41-6-2/h7-14,17,22-27,36H,5-6,15-16H2,1-4H3,(H,33,37)(H,34,38)/t17-,22?,23-,24-,25-,26-,27?,31?/m0/s1. The lowest BCUT2D eigenvalue weighted by molar-refractivity contribution is -0.144. The number of hydrogen-bond donors (Lipinski definition) is 3. The van der Waals surface area contributed by atoms with Gasteiger partial charge >= 0.3 is 0 Å². The molecule has 0 radical (unpaired) electrons. The monoisotopic (exact) mass is 643 g/mol. The molecule has 3 saturated heterocycles. The summed E-state index contributed by atoms with van der Waals surface area (Å²) in [7, 11) is 1.56. The Hall–Kier alpha value is -3.15. The van der Waals surface area contributed by atoms with Gasteiger partial charge in [0.15, 0.2) is 0 Å². The van der Waals surface area contributed by atoms with Crippen LogP contribution in [-0.4, -0.2) is 76.7 Å². The molecule has 3 amide bonds. The molecule has 3 fully saturated rings. The maximum absolute atomic E-state index is 14.4. The van der Waals surface area contributed by atoms with Crippen LogP contribution < -0.4 is 20.1 Å². The van der Waals surface area contributed by atoms with Gasteiger partial charge in [0.2, 0.25) is 17.7 Å². The van der Waals surface area contributed by atoms with E-state index in [1.54, 1.807) is 55.6 Å². The minimum Gasteiger partial charge on any atom is -0.497 e. The third-order valence-electron chi connectivity index (χ3n) is 8.91. The van der Waals surface area contributed by atoms with Crippen molar-refractivity contribution in [3.8, 4) is 11.5 Å². The number of ether oxygens (including phenoxy) is 3. The maximum atomic E-state index is 14.4. The number of hydrogen-bond acceptors (Lipinski definition) is 7. The Morgan fingerprint density at radius 2 is 1.67 bits per heavy atom. The van der Waals surface area contributed by atoms with Crippen molar-refractivity contribution in [3.05, 3.63) is 48.5 Å². The van der Waals surface area contributed by atoms with Gasteiger partial charge in [-0.05, 0) is 67.8 Å². The quantitative estimate of drug-likeness (QED) is 0.318. The summed E-state index contributed by atoms with van der Waals surface area (Å²) in [5, 5.41) is 16.4. The number of amides is 3. The summed E-state index contributed by atoms with van der Waals surface area (Å²) in [5.41, 5.74) is -0.144. The Morgan fingerprint density at radius 1 is 1.07 bits per heavy atom. The molecule has 10 nitrogen and oxygen atoms in total. The zero-order chi connectivity index (χ0) is 30.2. The summed E-state index contributed by atoms with van der Waals surface area (Å²) in [6, 6.07) is 12.3. The lowest BCUT2D eigenvalue weighted by atomic mass is 9.70. The summed E-state index contributed by atoms with van der Waals surface area (Å²) in [5.74, 6) is -1.62. The molecule has 42 heavy (non-hydrogen) atoms. The van der Waals surface area contributed by atoms with Crippen LogP contribution >= 0.6 is 15.9 Å². The summed E-state index contributed by atoms with van der Waals surface area (Å²) in [6.45, 7) is 6.02. The number of carbonyl (C=O) groups is 3. The molecular weight excluding hydrogens is 606 g/mol. The van der Waals surface area contributed by atoms with E-state index in [2.05, 4.69) is 26.6 Å². The molecule has 8 atom stereocenters. The van der Waals surface area contributed by atoms with Crippen molar-refractivity contribution in [2.24, 2.45) is 17.8 Å². The van der Waals surface area contributed by atoms with Crippen LogP contribution in [0.5, 0.6) is 11.5 Å². The molecule has 3 aliphatic heterocycles. The Morgan fingerprint density at radius 3 is 2.21 bits per heavy atom. The first-order valence-electron chi connectivity index (χ1n) is 14.4. The predicted octanol–water partition coefficient (Wildman–Crippen LogP) is 3.83. The average Bonchev–Trinajstić information content (AvgIpc) is 3.58. The number of nitrogens with one attached hydrogen (secondary N) is 2. The molecule has 11 heteroatoms. The Bertz CT molecular complexity index is 1310. The number of halogens is 1. The number of aliphatic hydroxyl groups excluding tert-OH is 1. The number of nitrogens with zero attached hydrogens (tertiary/aromatic N) is 1. The summed E-state index contributed by atoms with van der Waals surface area (Å²) in [4.78, 5) is 43.6. The normalized spacial score (nSPS) is 29.1. The molecule has 3 unspecified atom stereocenters. The third-order valence-corrected chi connectivity index (χ3v) is 9.76. The van der Waals surface area contributed by atoms with Gasteiger partial charge in [-0.1, -0.05) is 36.2 Å². The van der Waals surface area contributed by atoms with Crippen molar-refractivity contribution in [1.29, 1.82) is 0 Å². The Kier molecular flexibility index (Phi) is 8.82. The second-order valence-corrected chi connectivity index (χ2v) is 12.4. The van der Waals surface area contributed by atoms with Gasteiger partial charge in [0, 0.05) is 16.2 Å². The lowest BCUT2D eigenvalue weighted by Crippen LogP contribution is -2.57. The fourth-order valence-corrected chi connectivity index (χ4v) is 7.69. The minimum atomic E-state index is -1.24. The summed E-state index contributed by atoms with van der Waals surface area (Å²) in [6.07, 6.45) is 0.457. The summed E-state index contributed by atoms with van der Waals surface area (Å²) >= 11 is 3.70. The molecule has 1 spiro atoms. The van der Waals surface area contributed by atoms with E-state index in [1.165, 1.54) is 4.90 Å². The smallest absolute Gasteiger partial charge is 0.250 e. The van der Waals surface area contributed by atoms with Crippen molar-refractivity contribution in [3.63, 3.8) is 0 Å². The SMILES string of the molecule is CCOc1ccc(NC(=O)[C@H]2[C@H]3C(=O)N([C@@H](CO)[C@@H](C)CC)C(C(=O)Nc4ccc(OC)cc4)C34CC(Br)[C@@H]2O4)cc1.